The first kappa shape index (κ1) is 10.1. The maximum Gasteiger partial charge on any atom is 0.157 e. The van der Waals surface area contributed by atoms with Crippen LogP contribution in [0.4, 0.5) is 0 Å². The highest BCUT2D eigenvalue weighted by molar-refractivity contribution is 7.20. The van der Waals surface area contributed by atoms with Crippen molar-refractivity contribution in [2.45, 2.75) is 12.8 Å². The molecule has 0 bridgehead atoms. The fourth-order valence-corrected chi connectivity index (χ4v) is 2.88. The number of nitrogens with zero attached hydrogens (tertiary/aromatic N) is 2. The zero-order chi connectivity index (χ0) is 9.80. The number of hydrogen-bond donors (Lipinski definition) is 0. The van der Waals surface area contributed by atoms with E-state index in [0.717, 1.165) is 22.9 Å². The molecule has 0 N–H and O–H groups in total. The van der Waals surface area contributed by atoms with Crippen LogP contribution in [-0.4, -0.2) is 16.1 Å². The van der Waals surface area contributed by atoms with Gasteiger partial charge in [0.05, 0.1) is 4.88 Å². The molecule has 2 aromatic heterocycles. The highest BCUT2D eigenvalue weighted by atomic mass is 35.5. The van der Waals surface area contributed by atoms with E-state index in [2.05, 4.69) is 21.6 Å². The molecule has 0 aliphatic rings. The molecule has 14 heavy (non-hydrogen) atoms. The molecule has 0 atom stereocenters. The third-order valence-electron chi connectivity index (χ3n) is 1.72. The number of halogens is 1. The van der Waals surface area contributed by atoms with Crippen LogP contribution in [0.2, 0.25) is 0 Å². The highest BCUT2D eigenvalue weighted by Gasteiger charge is 2.06. The summed E-state index contributed by atoms with van der Waals surface area (Å²) in [5.74, 6) is 0.688. The lowest BCUT2D eigenvalue weighted by Gasteiger charge is -1.88. The van der Waals surface area contributed by atoms with Gasteiger partial charge in [-0.05, 0) is 17.9 Å². The van der Waals surface area contributed by atoms with Crippen LogP contribution in [0, 0.1) is 0 Å². The Hall–Kier alpha value is -0.450. The Morgan fingerprint density at radius 1 is 1.36 bits per heavy atom. The van der Waals surface area contributed by atoms with Crippen LogP contribution in [0.25, 0.3) is 9.88 Å². The molecular weight excluding hydrogens is 236 g/mol. The molecule has 0 unspecified atom stereocenters. The number of aryl methyl sites for hydroxylation is 1. The van der Waals surface area contributed by atoms with Gasteiger partial charge in [0.2, 0.25) is 0 Å². The van der Waals surface area contributed by atoms with Gasteiger partial charge in [0, 0.05) is 12.3 Å². The topological polar surface area (TPSA) is 25.8 Å². The Labute approximate surface area is 95.6 Å². The van der Waals surface area contributed by atoms with E-state index in [1.54, 1.807) is 22.7 Å². The van der Waals surface area contributed by atoms with Crippen LogP contribution in [0.1, 0.15) is 11.4 Å². The number of hydrogen-bond acceptors (Lipinski definition) is 4. The SMILES string of the molecule is ClCCCc1nnc(-c2cccs2)s1. The van der Waals surface area contributed by atoms with Gasteiger partial charge >= 0.3 is 0 Å². The third-order valence-corrected chi connectivity index (χ3v) is 4.01. The molecule has 0 spiro atoms. The van der Waals surface area contributed by atoms with Crippen molar-refractivity contribution in [3.05, 3.63) is 22.5 Å². The summed E-state index contributed by atoms with van der Waals surface area (Å²) in [4.78, 5) is 1.19. The van der Waals surface area contributed by atoms with Crippen molar-refractivity contribution in [1.82, 2.24) is 10.2 Å². The Bertz CT molecular complexity index is 383. The summed E-state index contributed by atoms with van der Waals surface area (Å²) in [6.45, 7) is 0. The highest BCUT2D eigenvalue weighted by Crippen LogP contribution is 2.27. The van der Waals surface area contributed by atoms with E-state index >= 15 is 0 Å². The van der Waals surface area contributed by atoms with Gasteiger partial charge in [-0.1, -0.05) is 17.4 Å². The van der Waals surface area contributed by atoms with Crippen LogP contribution >= 0.6 is 34.3 Å². The lowest BCUT2D eigenvalue weighted by molar-refractivity contribution is 0.884. The molecule has 0 fully saturated rings. The first-order valence-corrected chi connectivity index (χ1v) is 6.55. The lowest BCUT2D eigenvalue weighted by Crippen LogP contribution is -1.84. The predicted molar refractivity (Wildman–Crippen MR) is 62.3 cm³/mol. The van der Waals surface area contributed by atoms with E-state index in [1.807, 2.05) is 6.07 Å². The molecule has 0 aliphatic carbocycles. The number of alkyl halides is 1. The minimum absolute atomic E-state index is 0.688. The van der Waals surface area contributed by atoms with Crippen LogP contribution in [0.15, 0.2) is 17.5 Å². The minimum atomic E-state index is 0.688. The molecule has 0 saturated heterocycles. The average Bonchev–Trinajstić information content (AvgIpc) is 2.85. The van der Waals surface area contributed by atoms with Gasteiger partial charge in [-0.25, -0.2) is 0 Å². The van der Waals surface area contributed by atoms with Gasteiger partial charge in [0.25, 0.3) is 0 Å². The Morgan fingerprint density at radius 2 is 2.29 bits per heavy atom. The van der Waals surface area contributed by atoms with Gasteiger partial charge in [-0.15, -0.1) is 33.1 Å². The third kappa shape index (κ3) is 2.32. The number of aromatic nitrogens is 2. The normalized spacial score (nSPS) is 10.6. The first-order valence-electron chi connectivity index (χ1n) is 4.32. The lowest BCUT2D eigenvalue weighted by atomic mass is 10.4. The monoisotopic (exact) mass is 244 g/mol. The Morgan fingerprint density at radius 3 is 3.00 bits per heavy atom. The first-order chi connectivity index (χ1) is 6.90. The molecular formula is C9H9ClN2S2. The molecule has 0 amide bonds. The van der Waals surface area contributed by atoms with Crippen molar-refractivity contribution in [3.8, 4) is 9.88 Å². The molecule has 2 nitrogen and oxygen atoms in total. The Kier molecular flexibility index (Phi) is 3.50. The van der Waals surface area contributed by atoms with Crippen molar-refractivity contribution in [3.63, 3.8) is 0 Å². The van der Waals surface area contributed by atoms with Gasteiger partial charge in [0.15, 0.2) is 5.01 Å². The summed E-state index contributed by atoms with van der Waals surface area (Å²) in [5, 5.41) is 12.4. The van der Waals surface area contributed by atoms with Crippen molar-refractivity contribution in [2.75, 3.05) is 5.88 Å². The summed E-state index contributed by atoms with van der Waals surface area (Å²) >= 11 is 8.97. The van der Waals surface area contributed by atoms with Crippen molar-refractivity contribution < 1.29 is 0 Å². The molecule has 2 rings (SSSR count). The van der Waals surface area contributed by atoms with Crippen molar-refractivity contribution in [1.29, 1.82) is 0 Å². The van der Waals surface area contributed by atoms with E-state index in [-0.39, 0.29) is 0 Å². The van der Waals surface area contributed by atoms with Crippen molar-refractivity contribution in [2.24, 2.45) is 0 Å². The average molecular weight is 245 g/mol. The molecule has 0 radical (unpaired) electrons. The van der Waals surface area contributed by atoms with E-state index in [0.29, 0.717) is 5.88 Å². The zero-order valence-electron chi connectivity index (χ0n) is 7.44. The largest absolute Gasteiger partial charge is 0.157 e. The standard InChI is InChI=1S/C9H9ClN2S2/c10-5-1-4-8-11-12-9(14-8)7-3-2-6-13-7/h2-3,6H,1,4-5H2. The summed E-state index contributed by atoms with van der Waals surface area (Å²) < 4.78 is 0. The molecule has 2 aromatic rings. The van der Waals surface area contributed by atoms with Crippen LogP contribution in [0.5, 0.6) is 0 Å². The summed E-state index contributed by atoms with van der Waals surface area (Å²) in [6.07, 6.45) is 1.91. The maximum atomic E-state index is 5.62. The van der Waals surface area contributed by atoms with Crippen molar-refractivity contribution >= 4 is 34.3 Å². The number of thiophene rings is 1. The predicted octanol–water partition coefficient (Wildman–Crippen LogP) is 3.44. The van der Waals surface area contributed by atoms with Crippen LogP contribution < -0.4 is 0 Å². The molecule has 0 aliphatic heterocycles. The molecule has 0 saturated carbocycles. The molecule has 0 aromatic carbocycles. The Balaban J connectivity index is 2.10. The summed E-state index contributed by atoms with van der Waals surface area (Å²) in [7, 11) is 0. The fourth-order valence-electron chi connectivity index (χ4n) is 1.07. The van der Waals surface area contributed by atoms with Gasteiger partial charge < -0.3 is 0 Å². The second kappa shape index (κ2) is 4.87. The van der Waals surface area contributed by atoms with E-state index in [1.165, 1.54) is 4.88 Å². The van der Waals surface area contributed by atoms with Crippen LogP contribution in [0.3, 0.4) is 0 Å². The van der Waals surface area contributed by atoms with Crippen LogP contribution in [-0.2, 0) is 6.42 Å². The second-order valence-corrected chi connectivity index (χ2v) is 5.16. The van der Waals surface area contributed by atoms with E-state index in [4.69, 9.17) is 11.6 Å². The number of rotatable bonds is 4. The van der Waals surface area contributed by atoms with Gasteiger partial charge in [-0.2, -0.15) is 0 Å². The van der Waals surface area contributed by atoms with Gasteiger partial charge in [-0.3, -0.25) is 0 Å². The fraction of sp³-hybridized carbons (Fsp3) is 0.333. The summed E-state index contributed by atoms with van der Waals surface area (Å²) in [6, 6.07) is 4.09. The van der Waals surface area contributed by atoms with E-state index < -0.39 is 0 Å². The quantitative estimate of drug-likeness (QED) is 0.770. The molecule has 5 heteroatoms. The second-order valence-electron chi connectivity index (χ2n) is 2.77. The molecule has 74 valence electrons. The zero-order valence-corrected chi connectivity index (χ0v) is 9.83. The summed E-state index contributed by atoms with van der Waals surface area (Å²) in [5.41, 5.74) is 0. The molecule has 2 heterocycles. The maximum absolute atomic E-state index is 5.62. The smallest absolute Gasteiger partial charge is 0.143 e. The van der Waals surface area contributed by atoms with Gasteiger partial charge in [0.1, 0.15) is 5.01 Å². The minimum Gasteiger partial charge on any atom is -0.143 e. The van der Waals surface area contributed by atoms with E-state index in [9.17, 15) is 0 Å².